The summed E-state index contributed by atoms with van der Waals surface area (Å²) < 4.78 is 10.5. The second-order valence-electron chi connectivity index (χ2n) is 6.91. The molecule has 0 radical (unpaired) electrons. The number of carbonyl (C=O) groups is 2. The Labute approximate surface area is 163 Å². The van der Waals surface area contributed by atoms with Crippen LogP contribution < -0.4 is 9.47 Å². The lowest BCUT2D eigenvalue weighted by Gasteiger charge is -2.11. The molecular formula is C22H34O5. The molecule has 27 heavy (non-hydrogen) atoms. The van der Waals surface area contributed by atoms with E-state index in [1.165, 1.54) is 26.4 Å². The van der Waals surface area contributed by atoms with Crippen molar-refractivity contribution < 1.29 is 24.2 Å². The van der Waals surface area contributed by atoms with Gasteiger partial charge < -0.3 is 14.6 Å². The number of benzene rings is 1. The van der Waals surface area contributed by atoms with Crippen LogP contribution in [0.2, 0.25) is 0 Å². The molecule has 0 aliphatic carbocycles. The quantitative estimate of drug-likeness (QED) is 0.290. The number of hydrogen-bond acceptors (Lipinski definition) is 5. The van der Waals surface area contributed by atoms with Crippen LogP contribution in [0.25, 0.3) is 0 Å². The number of ether oxygens (including phenoxy) is 2. The van der Waals surface area contributed by atoms with Crippen LogP contribution in [-0.2, 0) is 16.0 Å². The number of rotatable bonds is 14. The van der Waals surface area contributed by atoms with Gasteiger partial charge in [0.2, 0.25) is 0 Å². The molecule has 1 atom stereocenters. The van der Waals surface area contributed by atoms with Crippen LogP contribution in [0.5, 0.6) is 11.5 Å². The van der Waals surface area contributed by atoms with Crippen LogP contribution in [0.4, 0.5) is 0 Å². The second-order valence-corrected chi connectivity index (χ2v) is 6.91. The maximum atomic E-state index is 12.1. The van der Waals surface area contributed by atoms with Crippen molar-refractivity contribution in [2.45, 2.75) is 84.2 Å². The van der Waals surface area contributed by atoms with Gasteiger partial charge in [-0.1, -0.05) is 52.0 Å². The highest BCUT2D eigenvalue weighted by molar-refractivity contribution is 5.79. The molecule has 1 rings (SSSR count). The topological polar surface area (TPSA) is 72.8 Å². The summed E-state index contributed by atoms with van der Waals surface area (Å²) in [7, 11) is 1.52. The maximum absolute atomic E-state index is 12.1. The Balaban J connectivity index is 2.41. The largest absolute Gasteiger partial charge is 0.493 e. The monoisotopic (exact) mass is 378 g/mol. The summed E-state index contributed by atoms with van der Waals surface area (Å²) in [5.74, 6) is 0.614. The van der Waals surface area contributed by atoms with E-state index in [1.54, 1.807) is 19.1 Å². The second kappa shape index (κ2) is 13.3. The highest BCUT2D eigenvalue weighted by Gasteiger charge is 2.13. The average molecular weight is 379 g/mol. The lowest BCUT2D eigenvalue weighted by Crippen LogP contribution is -2.14. The summed E-state index contributed by atoms with van der Waals surface area (Å²) in [5.41, 5.74) is 0.936. The van der Waals surface area contributed by atoms with Crippen LogP contribution in [0.3, 0.4) is 0 Å². The van der Waals surface area contributed by atoms with Gasteiger partial charge in [-0.15, -0.1) is 0 Å². The van der Waals surface area contributed by atoms with Crippen molar-refractivity contribution >= 4 is 11.8 Å². The molecule has 0 aliphatic rings. The highest BCUT2D eigenvalue weighted by Crippen LogP contribution is 2.29. The van der Waals surface area contributed by atoms with Gasteiger partial charge in [-0.05, 0) is 30.5 Å². The molecule has 0 spiro atoms. The highest BCUT2D eigenvalue weighted by atomic mass is 16.6. The predicted octanol–water partition coefficient (Wildman–Crippen LogP) is 4.62. The molecule has 0 saturated carbocycles. The Morgan fingerprint density at radius 1 is 1.07 bits per heavy atom. The van der Waals surface area contributed by atoms with Gasteiger partial charge in [0.15, 0.2) is 11.5 Å². The number of unbranched alkanes of at least 4 members (excludes halogenated alkanes) is 4. The minimum absolute atomic E-state index is 0.0662. The zero-order valence-corrected chi connectivity index (χ0v) is 17.0. The van der Waals surface area contributed by atoms with Crippen LogP contribution in [-0.4, -0.2) is 30.1 Å². The Kier molecular flexibility index (Phi) is 11.4. The van der Waals surface area contributed by atoms with Gasteiger partial charge in [0.25, 0.3) is 0 Å². The molecule has 0 fully saturated rings. The first kappa shape index (κ1) is 23.2. The lowest BCUT2D eigenvalue weighted by atomic mass is 10.0. The number of aliphatic hydroxyl groups is 1. The number of aryl methyl sites for hydroxylation is 1. The molecule has 5 heteroatoms. The van der Waals surface area contributed by atoms with Crippen molar-refractivity contribution in [2.75, 3.05) is 7.11 Å². The van der Waals surface area contributed by atoms with Crippen molar-refractivity contribution in [1.29, 1.82) is 0 Å². The van der Waals surface area contributed by atoms with Crippen LogP contribution in [0, 0.1) is 0 Å². The van der Waals surface area contributed by atoms with E-state index in [0.717, 1.165) is 18.4 Å². The summed E-state index contributed by atoms with van der Waals surface area (Å²) in [6.45, 7) is 3.91. The standard InChI is InChI=1S/C22H34O5/c1-4-6-7-8-9-10-18(23)16-19(24)13-11-17-12-14-20(21(15-17)26-3)27-22(25)5-2/h12,14-15,18,23H,4-11,13,16H2,1-3H3. The molecule has 0 saturated heterocycles. The third-order valence-electron chi connectivity index (χ3n) is 4.54. The summed E-state index contributed by atoms with van der Waals surface area (Å²) in [5, 5.41) is 10.0. The SMILES string of the molecule is CCCCCCCC(O)CC(=O)CCc1ccc(OC(=O)CC)c(OC)c1. The summed E-state index contributed by atoms with van der Waals surface area (Å²) >= 11 is 0. The normalized spacial score (nSPS) is 11.9. The Morgan fingerprint density at radius 3 is 2.48 bits per heavy atom. The van der Waals surface area contributed by atoms with E-state index in [0.29, 0.717) is 37.2 Å². The minimum Gasteiger partial charge on any atom is -0.493 e. The number of hydrogen-bond donors (Lipinski definition) is 1. The number of methoxy groups -OCH3 is 1. The molecule has 0 aliphatic heterocycles. The van der Waals surface area contributed by atoms with Gasteiger partial charge in [-0.2, -0.15) is 0 Å². The molecule has 0 amide bonds. The molecule has 1 aromatic carbocycles. The van der Waals surface area contributed by atoms with Crippen LogP contribution in [0.15, 0.2) is 18.2 Å². The van der Waals surface area contributed by atoms with Crippen LogP contribution in [0.1, 0.15) is 77.2 Å². The van der Waals surface area contributed by atoms with E-state index in [1.807, 2.05) is 6.07 Å². The van der Waals surface area contributed by atoms with E-state index >= 15 is 0 Å². The third kappa shape index (κ3) is 9.57. The summed E-state index contributed by atoms with van der Waals surface area (Å²) in [4.78, 5) is 23.5. The molecule has 0 bridgehead atoms. The maximum Gasteiger partial charge on any atom is 0.311 e. The number of ketones is 1. The molecule has 0 aromatic heterocycles. The van der Waals surface area contributed by atoms with Crippen molar-refractivity contribution in [3.05, 3.63) is 23.8 Å². The number of aliphatic hydroxyl groups excluding tert-OH is 1. The van der Waals surface area contributed by atoms with Crippen molar-refractivity contribution in [3.8, 4) is 11.5 Å². The first-order valence-corrected chi connectivity index (χ1v) is 10.1. The van der Waals surface area contributed by atoms with E-state index in [2.05, 4.69) is 6.92 Å². The molecular weight excluding hydrogens is 344 g/mol. The fourth-order valence-corrected chi connectivity index (χ4v) is 2.88. The van der Waals surface area contributed by atoms with E-state index < -0.39 is 6.10 Å². The van der Waals surface area contributed by atoms with Crippen molar-refractivity contribution in [1.82, 2.24) is 0 Å². The molecule has 1 unspecified atom stereocenters. The first-order valence-electron chi connectivity index (χ1n) is 10.1. The molecule has 152 valence electrons. The average Bonchev–Trinajstić information content (AvgIpc) is 2.66. The van der Waals surface area contributed by atoms with Gasteiger partial charge in [-0.25, -0.2) is 0 Å². The Bertz CT molecular complexity index is 582. The number of carbonyl (C=O) groups excluding carboxylic acids is 2. The lowest BCUT2D eigenvalue weighted by molar-refractivity contribution is -0.134. The molecule has 1 aromatic rings. The predicted molar refractivity (Wildman–Crippen MR) is 106 cm³/mol. The van der Waals surface area contributed by atoms with Crippen molar-refractivity contribution in [2.24, 2.45) is 0 Å². The van der Waals surface area contributed by atoms with Gasteiger partial charge in [-0.3, -0.25) is 9.59 Å². The third-order valence-corrected chi connectivity index (χ3v) is 4.54. The van der Waals surface area contributed by atoms with E-state index in [4.69, 9.17) is 9.47 Å². The number of Topliss-reactive ketones (excluding diaryl/α,β-unsaturated/α-hetero) is 1. The fraction of sp³-hybridized carbons (Fsp3) is 0.636. The molecule has 1 N–H and O–H groups in total. The van der Waals surface area contributed by atoms with Gasteiger partial charge in [0.1, 0.15) is 5.78 Å². The van der Waals surface area contributed by atoms with Gasteiger partial charge in [0.05, 0.1) is 13.2 Å². The molecule has 0 heterocycles. The van der Waals surface area contributed by atoms with E-state index in [9.17, 15) is 14.7 Å². The smallest absolute Gasteiger partial charge is 0.311 e. The Morgan fingerprint density at radius 2 is 1.81 bits per heavy atom. The zero-order chi connectivity index (χ0) is 20.1. The van der Waals surface area contributed by atoms with E-state index in [-0.39, 0.29) is 18.2 Å². The summed E-state index contributed by atoms with van der Waals surface area (Å²) in [6.07, 6.45) is 7.34. The fourth-order valence-electron chi connectivity index (χ4n) is 2.88. The molecule has 5 nitrogen and oxygen atoms in total. The summed E-state index contributed by atoms with van der Waals surface area (Å²) in [6, 6.07) is 5.31. The van der Waals surface area contributed by atoms with Crippen LogP contribution >= 0.6 is 0 Å². The zero-order valence-electron chi connectivity index (χ0n) is 17.0. The van der Waals surface area contributed by atoms with Gasteiger partial charge >= 0.3 is 5.97 Å². The Hall–Kier alpha value is -1.88. The van der Waals surface area contributed by atoms with Gasteiger partial charge in [0, 0.05) is 19.3 Å². The number of esters is 1. The minimum atomic E-state index is -0.538. The van der Waals surface area contributed by atoms with Crippen molar-refractivity contribution in [3.63, 3.8) is 0 Å². The first-order chi connectivity index (χ1) is 13.0.